The second-order valence-corrected chi connectivity index (χ2v) is 8.51. The zero-order chi connectivity index (χ0) is 15.8. The van der Waals surface area contributed by atoms with Crippen molar-refractivity contribution in [2.75, 3.05) is 0 Å². The first-order valence-corrected chi connectivity index (χ1v) is 9.39. The summed E-state index contributed by atoms with van der Waals surface area (Å²) in [6, 6.07) is 15.2. The predicted octanol–water partition coefficient (Wildman–Crippen LogP) is 4.41. The van der Waals surface area contributed by atoms with Gasteiger partial charge in [-0.15, -0.1) is 0 Å². The average molecular weight is 314 g/mol. The second-order valence-electron chi connectivity index (χ2n) is 6.25. The van der Waals surface area contributed by atoms with Gasteiger partial charge in [-0.2, -0.15) is 0 Å². The summed E-state index contributed by atoms with van der Waals surface area (Å²) in [4.78, 5) is 0.448. The number of sulfone groups is 1. The van der Waals surface area contributed by atoms with E-state index in [0.717, 1.165) is 24.0 Å². The van der Waals surface area contributed by atoms with Gasteiger partial charge in [0.15, 0.2) is 9.84 Å². The molecule has 3 rings (SSSR count). The summed E-state index contributed by atoms with van der Waals surface area (Å²) in [7, 11) is -3.37. The maximum Gasteiger partial charge on any atom is 0.188 e. The lowest BCUT2D eigenvalue weighted by atomic mass is 9.74. The summed E-state index contributed by atoms with van der Waals surface area (Å²) in [5.74, 6) is 0. The van der Waals surface area contributed by atoms with E-state index >= 15 is 0 Å². The molecular formula is C19H22O2S. The van der Waals surface area contributed by atoms with Crippen molar-refractivity contribution in [3.05, 3.63) is 65.2 Å². The molecule has 0 aromatic heterocycles. The van der Waals surface area contributed by atoms with Crippen LogP contribution in [0.2, 0.25) is 0 Å². The lowest BCUT2D eigenvalue weighted by molar-refractivity contribution is 0.434. The van der Waals surface area contributed by atoms with Gasteiger partial charge in [-0.25, -0.2) is 8.42 Å². The number of hydrogen-bond acceptors (Lipinski definition) is 2. The molecule has 1 aliphatic carbocycles. The molecule has 0 saturated carbocycles. The molecule has 3 heteroatoms. The Hall–Kier alpha value is -1.61. The summed E-state index contributed by atoms with van der Waals surface area (Å²) in [6.45, 7) is 4.08. The Morgan fingerprint density at radius 1 is 1.05 bits per heavy atom. The fourth-order valence-electron chi connectivity index (χ4n) is 3.42. The zero-order valence-corrected chi connectivity index (χ0v) is 14.0. The molecule has 1 atom stereocenters. The van der Waals surface area contributed by atoms with Gasteiger partial charge in [0.05, 0.1) is 4.90 Å². The third kappa shape index (κ3) is 2.19. The van der Waals surface area contributed by atoms with Crippen molar-refractivity contribution in [1.29, 1.82) is 0 Å². The normalized spacial score (nSPS) is 20.3. The smallest absolute Gasteiger partial charge is 0.188 e. The molecule has 0 aliphatic heterocycles. The monoisotopic (exact) mass is 314 g/mol. The van der Waals surface area contributed by atoms with E-state index in [-0.39, 0.29) is 0 Å². The molecule has 0 radical (unpaired) electrons. The molecule has 22 heavy (non-hydrogen) atoms. The van der Waals surface area contributed by atoms with Crippen LogP contribution in [-0.2, 0) is 21.0 Å². The number of aryl methyl sites for hydroxylation is 1. The molecule has 0 fully saturated rings. The second kappa shape index (κ2) is 5.54. The molecule has 2 nitrogen and oxygen atoms in total. The molecule has 0 N–H and O–H groups in total. The number of fused-ring (bicyclic) bond motifs is 1. The van der Waals surface area contributed by atoms with Gasteiger partial charge in [0.2, 0.25) is 0 Å². The minimum atomic E-state index is -3.37. The van der Waals surface area contributed by atoms with Gasteiger partial charge in [-0.05, 0) is 43.0 Å². The SMILES string of the molecule is CCCCC1(S(=O)(=O)c2ccc(C)cc2)Cc2ccccc21. The van der Waals surface area contributed by atoms with Crippen LogP contribution in [-0.4, -0.2) is 8.42 Å². The Morgan fingerprint density at radius 3 is 2.36 bits per heavy atom. The number of rotatable bonds is 5. The van der Waals surface area contributed by atoms with Gasteiger partial charge in [-0.3, -0.25) is 0 Å². The molecule has 0 spiro atoms. The van der Waals surface area contributed by atoms with Crippen LogP contribution in [0.1, 0.15) is 42.9 Å². The van der Waals surface area contributed by atoms with Crippen molar-refractivity contribution < 1.29 is 8.42 Å². The molecule has 0 bridgehead atoms. The largest absolute Gasteiger partial charge is 0.223 e. The molecule has 1 unspecified atom stereocenters. The molecule has 2 aromatic rings. The van der Waals surface area contributed by atoms with E-state index in [4.69, 9.17) is 0 Å². The van der Waals surface area contributed by atoms with Gasteiger partial charge in [0.1, 0.15) is 4.75 Å². The molecule has 2 aromatic carbocycles. The third-order valence-corrected chi connectivity index (χ3v) is 7.25. The highest BCUT2D eigenvalue weighted by atomic mass is 32.2. The maximum absolute atomic E-state index is 13.3. The van der Waals surface area contributed by atoms with E-state index < -0.39 is 14.6 Å². The Kier molecular flexibility index (Phi) is 3.85. The lowest BCUT2D eigenvalue weighted by Gasteiger charge is -2.43. The van der Waals surface area contributed by atoms with E-state index in [1.165, 1.54) is 5.56 Å². The third-order valence-electron chi connectivity index (χ3n) is 4.76. The number of benzene rings is 2. The first-order chi connectivity index (χ1) is 10.5. The van der Waals surface area contributed by atoms with E-state index in [9.17, 15) is 8.42 Å². The van der Waals surface area contributed by atoms with E-state index in [2.05, 4.69) is 6.92 Å². The van der Waals surface area contributed by atoms with Gasteiger partial charge in [0.25, 0.3) is 0 Å². The molecule has 1 aliphatic rings. The van der Waals surface area contributed by atoms with Crippen molar-refractivity contribution in [2.45, 2.75) is 49.2 Å². The molecular weight excluding hydrogens is 292 g/mol. The zero-order valence-electron chi connectivity index (χ0n) is 13.2. The van der Waals surface area contributed by atoms with Crippen molar-refractivity contribution >= 4 is 9.84 Å². The average Bonchev–Trinajstić information content (AvgIpc) is 2.49. The Bertz CT molecular complexity index is 775. The van der Waals surface area contributed by atoms with Gasteiger partial charge in [0, 0.05) is 0 Å². The first-order valence-electron chi connectivity index (χ1n) is 7.91. The van der Waals surface area contributed by atoms with Gasteiger partial charge in [-0.1, -0.05) is 61.7 Å². The topological polar surface area (TPSA) is 34.1 Å². The molecule has 0 saturated heterocycles. The molecule has 0 heterocycles. The fraction of sp³-hybridized carbons (Fsp3) is 0.368. The van der Waals surface area contributed by atoms with Crippen molar-refractivity contribution in [1.82, 2.24) is 0 Å². The van der Waals surface area contributed by atoms with Crippen molar-refractivity contribution in [3.63, 3.8) is 0 Å². The highest BCUT2D eigenvalue weighted by Crippen LogP contribution is 2.51. The van der Waals surface area contributed by atoms with Crippen LogP contribution in [0.15, 0.2) is 53.4 Å². The molecule has 116 valence electrons. The van der Waals surface area contributed by atoms with E-state index in [1.54, 1.807) is 12.1 Å². The van der Waals surface area contributed by atoms with Crippen LogP contribution in [0.4, 0.5) is 0 Å². The highest BCUT2D eigenvalue weighted by molar-refractivity contribution is 7.92. The Labute approximate surface area is 133 Å². The minimum absolute atomic E-state index is 0.448. The summed E-state index contributed by atoms with van der Waals surface area (Å²) in [6.07, 6.45) is 3.28. The van der Waals surface area contributed by atoms with Crippen LogP contribution in [0.5, 0.6) is 0 Å². The number of unbranched alkanes of at least 4 members (excludes halogenated alkanes) is 1. The highest BCUT2D eigenvalue weighted by Gasteiger charge is 2.52. The standard InChI is InChI=1S/C19H22O2S/c1-3-4-13-19(14-16-7-5-6-8-18(16)19)22(20,21)17-11-9-15(2)10-12-17/h5-12H,3-4,13-14H2,1-2H3. The summed E-state index contributed by atoms with van der Waals surface area (Å²) in [5.41, 5.74) is 3.26. The summed E-state index contributed by atoms with van der Waals surface area (Å²) >= 11 is 0. The number of hydrogen-bond donors (Lipinski definition) is 0. The van der Waals surface area contributed by atoms with Crippen molar-refractivity contribution in [2.24, 2.45) is 0 Å². The Morgan fingerprint density at radius 2 is 1.73 bits per heavy atom. The minimum Gasteiger partial charge on any atom is -0.223 e. The molecule has 0 amide bonds. The van der Waals surface area contributed by atoms with Crippen LogP contribution < -0.4 is 0 Å². The van der Waals surface area contributed by atoms with E-state index in [1.807, 2.05) is 43.3 Å². The van der Waals surface area contributed by atoms with Crippen molar-refractivity contribution in [3.8, 4) is 0 Å². The first kappa shape index (κ1) is 15.3. The predicted molar refractivity (Wildman–Crippen MR) is 89.7 cm³/mol. The van der Waals surface area contributed by atoms with E-state index in [0.29, 0.717) is 17.7 Å². The van der Waals surface area contributed by atoms with Crippen LogP contribution in [0, 0.1) is 6.92 Å². The summed E-state index contributed by atoms with van der Waals surface area (Å²) in [5, 5.41) is 0. The lowest BCUT2D eigenvalue weighted by Crippen LogP contribution is -2.46. The maximum atomic E-state index is 13.3. The van der Waals surface area contributed by atoms with Gasteiger partial charge < -0.3 is 0 Å². The fourth-order valence-corrected chi connectivity index (χ4v) is 5.61. The quantitative estimate of drug-likeness (QED) is 0.819. The van der Waals surface area contributed by atoms with Gasteiger partial charge >= 0.3 is 0 Å². The Balaban J connectivity index is 2.10. The summed E-state index contributed by atoms with van der Waals surface area (Å²) < 4.78 is 25.9. The van der Waals surface area contributed by atoms with Crippen LogP contribution in [0.25, 0.3) is 0 Å². The van der Waals surface area contributed by atoms with Crippen LogP contribution in [0.3, 0.4) is 0 Å². The van der Waals surface area contributed by atoms with Crippen LogP contribution >= 0.6 is 0 Å².